The minimum atomic E-state index is 0.595. The summed E-state index contributed by atoms with van der Waals surface area (Å²) in [6, 6.07) is 13.5. The third-order valence-corrected chi connectivity index (χ3v) is 3.94. The summed E-state index contributed by atoms with van der Waals surface area (Å²) in [7, 11) is 0. The van der Waals surface area contributed by atoms with Crippen LogP contribution in [0.25, 0.3) is 0 Å². The Kier molecular flexibility index (Phi) is 3.65. The van der Waals surface area contributed by atoms with Gasteiger partial charge < -0.3 is 0 Å². The number of rotatable bonds is 4. The molecule has 1 aromatic heterocycles. The molecule has 3 rings (SSSR count). The summed E-state index contributed by atoms with van der Waals surface area (Å²) in [6.45, 7) is 5.32. The van der Waals surface area contributed by atoms with Gasteiger partial charge in [-0.05, 0) is 37.9 Å². The van der Waals surface area contributed by atoms with Crippen LogP contribution in [0.4, 0.5) is 0 Å². The summed E-state index contributed by atoms with van der Waals surface area (Å²) in [5.41, 5.74) is 2.55. The van der Waals surface area contributed by atoms with E-state index in [-0.39, 0.29) is 0 Å². The third-order valence-electron chi connectivity index (χ3n) is 3.94. The molecule has 1 aromatic carbocycles. The van der Waals surface area contributed by atoms with E-state index in [1.165, 1.54) is 24.9 Å². The molecule has 0 saturated carbocycles. The minimum Gasteiger partial charge on any atom is -0.294 e. The minimum absolute atomic E-state index is 0.595. The van der Waals surface area contributed by atoms with E-state index in [2.05, 4.69) is 57.3 Å². The zero-order chi connectivity index (χ0) is 13.1. The lowest BCUT2D eigenvalue weighted by Gasteiger charge is -2.24. The van der Waals surface area contributed by atoms with Crippen LogP contribution in [0.1, 0.15) is 30.1 Å². The Labute approximate surface area is 114 Å². The maximum atomic E-state index is 4.46. The topological polar surface area (TPSA) is 21.1 Å². The fraction of sp³-hybridized carbons (Fsp3) is 0.438. The van der Waals surface area contributed by atoms with Crippen molar-refractivity contribution in [2.24, 2.45) is 0 Å². The number of hydrogen-bond acceptors (Lipinski definition) is 2. The second kappa shape index (κ2) is 5.57. The van der Waals surface area contributed by atoms with E-state index in [9.17, 15) is 0 Å². The molecule has 0 N–H and O–H groups in total. The van der Waals surface area contributed by atoms with Crippen molar-refractivity contribution < 1.29 is 0 Å². The smallest absolute Gasteiger partial charge is 0.0593 e. The van der Waals surface area contributed by atoms with Crippen LogP contribution in [0.2, 0.25) is 0 Å². The van der Waals surface area contributed by atoms with Crippen LogP contribution in [0.3, 0.4) is 0 Å². The molecule has 2 aromatic rings. The molecule has 19 heavy (non-hydrogen) atoms. The van der Waals surface area contributed by atoms with Crippen molar-refractivity contribution in [2.45, 2.75) is 32.4 Å². The molecule has 1 atom stereocenters. The SMILES string of the molecule is Cc1ccn(CCN2CCCC2c2ccccc2)n1. The van der Waals surface area contributed by atoms with Crippen molar-refractivity contribution in [3.63, 3.8) is 0 Å². The van der Waals surface area contributed by atoms with E-state index < -0.39 is 0 Å². The molecule has 0 aliphatic carbocycles. The molecule has 1 aliphatic rings. The Morgan fingerprint density at radius 2 is 2.00 bits per heavy atom. The molecule has 3 heteroatoms. The van der Waals surface area contributed by atoms with Gasteiger partial charge in [-0.25, -0.2) is 0 Å². The molecule has 100 valence electrons. The van der Waals surface area contributed by atoms with Crippen molar-refractivity contribution in [1.29, 1.82) is 0 Å². The molecule has 0 radical (unpaired) electrons. The summed E-state index contributed by atoms with van der Waals surface area (Å²) in [5, 5.41) is 4.46. The van der Waals surface area contributed by atoms with Gasteiger partial charge in [-0.1, -0.05) is 30.3 Å². The summed E-state index contributed by atoms with van der Waals surface area (Å²) < 4.78 is 2.05. The normalized spacial score (nSPS) is 19.9. The predicted octanol–water partition coefficient (Wildman–Crippen LogP) is 3.03. The molecule has 1 unspecified atom stereocenters. The number of aryl methyl sites for hydroxylation is 1. The number of aromatic nitrogens is 2. The summed E-state index contributed by atoms with van der Waals surface area (Å²) in [4.78, 5) is 2.59. The van der Waals surface area contributed by atoms with E-state index in [0.29, 0.717) is 6.04 Å². The molecule has 0 bridgehead atoms. The summed E-state index contributed by atoms with van der Waals surface area (Å²) >= 11 is 0. The Morgan fingerprint density at radius 1 is 1.16 bits per heavy atom. The van der Waals surface area contributed by atoms with Crippen molar-refractivity contribution >= 4 is 0 Å². The van der Waals surface area contributed by atoms with Crippen LogP contribution in [0.15, 0.2) is 42.6 Å². The summed E-state index contributed by atoms with van der Waals surface area (Å²) in [6.07, 6.45) is 4.66. The average molecular weight is 255 g/mol. The highest BCUT2D eigenvalue weighted by atomic mass is 15.3. The van der Waals surface area contributed by atoms with Crippen LogP contribution < -0.4 is 0 Å². The monoisotopic (exact) mass is 255 g/mol. The third kappa shape index (κ3) is 2.87. The lowest BCUT2D eigenvalue weighted by molar-refractivity contribution is 0.243. The van der Waals surface area contributed by atoms with Gasteiger partial charge in [-0.2, -0.15) is 5.10 Å². The first-order valence-corrected chi connectivity index (χ1v) is 7.12. The highest BCUT2D eigenvalue weighted by Crippen LogP contribution is 2.31. The van der Waals surface area contributed by atoms with Crippen LogP contribution >= 0.6 is 0 Å². The van der Waals surface area contributed by atoms with Crippen LogP contribution in [-0.2, 0) is 6.54 Å². The molecule has 2 heterocycles. The lowest BCUT2D eigenvalue weighted by atomic mass is 10.0. The van der Waals surface area contributed by atoms with Crippen molar-refractivity contribution in [3.8, 4) is 0 Å². The fourth-order valence-electron chi connectivity index (χ4n) is 2.97. The predicted molar refractivity (Wildman–Crippen MR) is 77.0 cm³/mol. The van der Waals surface area contributed by atoms with Crippen molar-refractivity contribution in [3.05, 3.63) is 53.9 Å². The molecular formula is C16H21N3. The van der Waals surface area contributed by atoms with Crippen LogP contribution in [0.5, 0.6) is 0 Å². The van der Waals surface area contributed by atoms with Gasteiger partial charge in [-0.3, -0.25) is 9.58 Å². The van der Waals surface area contributed by atoms with Crippen molar-refractivity contribution in [1.82, 2.24) is 14.7 Å². The Morgan fingerprint density at radius 3 is 2.74 bits per heavy atom. The standard InChI is InChI=1S/C16H21N3/c1-14-9-11-19(17-14)13-12-18-10-5-8-16(18)15-6-3-2-4-7-15/h2-4,6-7,9,11,16H,5,8,10,12-13H2,1H3. The highest BCUT2D eigenvalue weighted by molar-refractivity contribution is 5.19. The second-order valence-electron chi connectivity index (χ2n) is 5.32. The quantitative estimate of drug-likeness (QED) is 0.837. The van der Waals surface area contributed by atoms with Crippen LogP contribution in [0, 0.1) is 6.92 Å². The number of nitrogens with zero attached hydrogens (tertiary/aromatic N) is 3. The first-order valence-electron chi connectivity index (χ1n) is 7.12. The van der Waals surface area contributed by atoms with Gasteiger partial charge in [0.1, 0.15) is 0 Å². The zero-order valence-corrected chi connectivity index (χ0v) is 11.5. The van der Waals surface area contributed by atoms with E-state index >= 15 is 0 Å². The van der Waals surface area contributed by atoms with E-state index in [0.717, 1.165) is 18.8 Å². The van der Waals surface area contributed by atoms with Gasteiger partial charge in [0.2, 0.25) is 0 Å². The summed E-state index contributed by atoms with van der Waals surface area (Å²) in [5.74, 6) is 0. The largest absolute Gasteiger partial charge is 0.294 e. The van der Waals surface area contributed by atoms with Crippen molar-refractivity contribution in [2.75, 3.05) is 13.1 Å². The molecule has 3 nitrogen and oxygen atoms in total. The molecule has 1 fully saturated rings. The zero-order valence-electron chi connectivity index (χ0n) is 11.5. The maximum absolute atomic E-state index is 4.46. The Bertz CT molecular complexity index is 518. The van der Waals surface area contributed by atoms with Gasteiger partial charge >= 0.3 is 0 Å². The molecule has 0 spiro atoms. The first-order chi connectivity index (χ1) is 9.33. The van der Waals surface area contributed by atoms with Gasteiger partial charge in [0.05, 0.1) is 12.2 Å². The Hall–Kier alpha value is -1.61. The fourth-order valence-corrected chi connectivity index (χ4v) is 2.97. The highest BCUT2D eigenvalue weighted by Gasteiger charge is 2.25. The molecule has 1 aliphatic heterocycles. The van der Waals surface area contributed by atoms with E-state index in [1.807, 2.05) is 6.92 Å². The molecular weight excluding hydrogens is 234 g/mol. The van der Waals surface area contributed by atoms with Gasteiger partial charge in [0, 0.05) is 18.8 Å². The van der Waals surface area contributed by atoms with E-state index in [4.69, 9.17) is 0 Å². The lowest BCUT2D eigenvalue weighted by Crippen LogP contribution is -2.27. The second-order valence-corrected chi connectivity index (χ2v) is 5.32. The maximum Gasteiger partial charge on any atom is 0.0593 e. The van der Waals surface area contributed by atoms with Gasteiger partial charge in [0.25, 0.3) is 0 Å². The Balaban J connectivity index is 1.64. The molecule has 0 amide bonds. The van der Waals surface area contributed by atoms with E-state index in [1.54, 1.807) is 0 Å². The van der Waals surface area contributed by atoms with Crippen LogP contribution in [-0.4, -0.2) is 27.8 Å². The first kappa shape index (κ1) is 12.4. The molecule has 1 saturated heterocycles. The number of hydrogen-bond donors (Lipinski definition) is 0. The number of benzene rings is 1. The van der Waals surface area contributed by atoms with Gasteiger partial charge in [0.15, 0.2) is 0 Å². The van der Waals surface area contributed by atoms with Gasteiger partial charge in [-0.15, -0.1) is 0 Å². The average Bonchev–Trinajstić information content (AvgIpc) is 3.06. The number of likely N-dealkylation sites (tertiary alicyclic amines) is 1.